The Morgan fingerprint density at radius 1 is 1.30 bits per heavy atom. The maximum atomic E-state index is 12.5. The first-order chi connectivity index (χ1) is 12.9. The minimum absolute atomic E-state index is 0.138. The van der Waals surface area contributed by atoms with Crippen molar-refractivity contribution in [1.29, 1.82) is 0 Å². The van der Waals surface area contributed by atoms with Crippen LogP contribution in [-0.2, 0) is 18.3 Å². The zero-order valence-corrected chi connectivity index (χ0v) is 16.0. The molecule has 0 aliphatic carbocycles. The van der Waals surface area contributed by atoms with Gasteiger partial charge in [0.25, 0.3) is 11.5 Å². The van der Waals surface area contributed by atoms with Crippen LogP contribution in [0.15, 0.2) is 23.0 Å². The highest BCUT2D eigenvalue weighted by molar-refractivity contribution is 6.42. The molecule has 0 saturated carbocycles. The third-order valence-corrected chi connectivity index (χ3v) is 4.93. The number of benzene rings is 1. The van der Waals surface area contributed by atoms with Gasteiger partial charge in [0.1, 0.15) is 0 Å². The fraction of sp³-hybridized carbons (Fsp3) is 0.353. The monoisotopic (exact) mass is 412 g/mol. The summed E-state index contributed by atoms with van der Waals surface area (Å²) >= 11 is 11.8. The molecule has 2 heterocycles. The molecule has 1 amide bonds. The fourth-order valence-corrected chi connectivity index (χ4v) is 3.02. The van der Waals surface area contributed by atoms with Crippen LogP contribution in [0.2, 0.25) is 10.0 Å². The first-order valence-corrected chi connectivity index (χ1v) is 8.99. The number of amides is 1. The number of carbonyl (C=O) groups excluding carboxylic acids is 1. The lowest BCUT2D eigenvalue weighted by Crippen LogP contribution is -2.41. The Morgan fingerprint density at radius 3 is 2.67 bits per heavy atom. The highest BCUT2D eigenvalue weighted by Gasteiger charge is 2.23. The molecule has 144 valence electrons. The van der Waals surface area contributed by atoms with Gasteiger partial charge in [-0.05, 0) is 17.7 Å². The van der Waals surface area contributed by atoms with Crippen molar-refractivity contribution in [1.82, 2.24) is 14.9 Å². The Morgan fingerprint density at radius 2 is 2.00 bits per heavy atom. The summed E-state index contributed by atoms with van der Waals surface area (Å²) in [5.41, 5.74) is -0.291. The summed E-state index contributed by atoms with van der Waals surface area (Å²) in [5.74, 6) is -1.05. The smallest absolute Gasteiger partial charge is 0.297 e. The predicted molar refractivity (Wildman–Crippen MR) is 102 cm³/mol. The number of anilines is 1. The number of rotatable bonds is 4. The van der Waals surface area contributed by atoms with Gasteiger partial charge in [-0.2, -0.15) is 0 Å². The first-order valence-electron chi connectivity index (χ1n) is 8.23. The van der Waals surface area contributed by atoms with Crippen LogP contribution in [0.1, 0.15) is 16.1 Å². The summed E-state index contributed by atoms with van der Waals surface area (Å²) in [6, 6.07) is 4.96. The Kier molecular flexibility index (Phi) is 5.88. The fourth-order valence-electron chi connectivity index (χ4n) is 2.70. The lowest BCUT2D eigenvalue weighted by atomic mass is 10.2. The Labute approximate surface area is 165 Å². The summed E-state index contributed by atoms with van der Waals surface area (Å²) in [7, 11) is 1.50. The van der Waals surface area contributed by atoms with Crippen molar-refractivity contribution in [2.75, 3.05) is 31.2 Å². The Balaban J connectivity index is 1.83. The minimum atomic E-state index is -0.693. The number of nitrogens with one attached hydrogen (secondary N) is 1. The third-order valence-electron chi connectivity index (χ3n) is 4.19. The van der Waals surface area contributed by atoms with Crippen LogP contribution in [0.25, 0.3) is 0 Å². The molecule has 0 unspecified atom stereocenters. The SMILES string of the molecule is Cn1c(N2CCOCC2)nc(C(=O)NCc2ccc(Cl)c(Cl)c2)c(O)c1=O. The van der Waals surface area contributed by atoms with Gasteiger partial charge in [-0.3, -0.25) is 14.2 Å². The van der Waals surface area contributed by atoms with Crippen LogP contribution in [0.4, 0.5) is 5.95 Å². The molecule has 0 spiro atoms. The number of aromatic hydroxyl groups is 1. The van der Waals surface area contributed by atoms with Crippen molar-refractivity contribution in [2.24, 2.45) is 7.05 Å². The van der Waals surface area contributed by atoms with Crippen LogP contribution in [0.5, 0.6) is 5.75 Å². The molecule has 1 fully saturated rings. The summed E-state index contributed by atoms with van der Waals surface area (Å²) in [5, 5.41) is 13.5. The van der Waals surface area contributed by atoms with Crippen LogP contribution in [-0.4, -0.2) is 46.9 Å². The number of hydrogen-bond donors (Lipinski definition) is 2. The highest BCUT2D eigenvalue weighted by Crippen LogP contribution is 2.22. The van der Waals surface area contributed by atoms with E-state index in [9.17, 15) is 14.7 Å². The van der Waals surface area contributed by atoms with Crippen molar-refractivity contribution in [3.05, 3.63) is 49.9 Å². The van der Waals surface area contributed by atoms with Gasteiger partial charge in [-0.15, -0.1) is 0 Å². The second kappa shape index (κ2) is 8.16. The van der Waals surface area contributed by atoms with Gasteiger partial charge in [-0.1, -0.05) is 29.3 Å². The van der Waals surface area contributed by atoms with Crippen molar-refractivity contribution >= 4 is 35.1 Å². The van der Waals surface area contributed by atoms with Gasteiger partial charge >= 0.3 is 0 Å². The van der Waals surface area contributed by atoms with E-state index in [0.29, 0.717) is 42.3 Å². The molecule has 1 aromatic carbocycles. The standard InChI is InChI=1S/C17H18Cl2N4O4/c1-22-16(26)14(24)13(21-17(22)23-4-6-27-7-5-23)15(25)20-9-10-2-3-11(18)12(19)8-10/h2-3,8,24H,4-7,9H2,1H3,(H,20,25). The lowest BCUT2D eigenvalue weighted by Gasteiger charge is -2.29. The predicted octanol–water partition coefficient (Wildman–Crippen LogP) is 1.56. The van der Waals surface area contributed by atoms with Crippen LogP contribution < -0.4 is 15.8 Å². The number of halogens is 2. The molecule has 0 bridgehead atoms. The Hall–Kier alpha value is -2.29. The first kappa shape index (κ1) is 19.5. The van der Waals surface area contributed by atoms with E-state index in [1.807, 2.05) is 4.90 Å². The summed E-state index contributed by atoms with van der Waals surface area (Å²) in [6.07, 6.45) is 0. The van der Waals surface area contributed by atoms with Crippen molar-refractivity contribution in [3.8, 4) is 5.75 Å². The normalized spacial score (nSPS) is 14.3. The minimum Gasteiger partial charge on any atom is -0.501 e. The molecular weight excluding hydrogens is 395 g/mol. The van der Waals surface area contributed by atoms with Gasteiger partial charge < -0.3 is 20.1 Å². The maximum absolute atomic E-state index is 12.5. The number of morpholine rings is 1. The number of carbonyl (C=O) groups is 1. The molecular formula is C17H18Cl2N4O4. The summed E-state index contributed by atoms with van der Waals surface area (Å²) in [6.45, 7) is 2.20. The van der Waals surface area contributed by atoms with Crippen LogP contribution in [0.3, 0.4) is 0 Å². The van der Waals surface area contributed by atoms with E-state index in [0.717, 1.165) is 5.56 Å². The molecule has 1 aliphatic heterocycles. The van der Waals surface area contributed by atoms with Gasteiger partial charge in [0.05, 0.1) is 23.3 Å². The zero-order chi connectivity index (χ0) is 19.6. The molecule has 1 aromatic heterocycles. The van der Waals surface area contributed by atoms with Gasteiger partial charge in [0.2, 0.25) is 11.7 Å². The van der Waals surface area contributed by atoms with Gasteiger partial charge in [0.15, 0.2) is 5.69 Å². The van der Waals surface area contributed by atoms with Gasteiger partial charge in [0, 0.05) is 26.7 Å². The van der Waals surface area contributed by atoms with E-state index in [4.69, 9.17) is 27.9 Å². The largest absolute Gasteiger partial charge is 0.501 e. The summed E-state index contributed by atoms with van der Waals surface area (Å²) < 4.78 is 6.51. The summed E-state index contributed by atoms with van der Waals surface area (Å²) in [4.78, 5) is 30.9. The van der Waals surface area contributed by atoms with Crippen LogP contribution >= 0.6 is 23.2 Å². The van der Waals surface area contributed by atoms with Crippen molar-refractivity contribution in [3.63, 3.8) is 0 Å². The Bertz CT molecular complexity index is 926. The number of ether oxygens (including phenoxy) is 1. The average molecular weight is 413 g/mol. The molecule has 1 aliphatic rings. The van der Waals surface area contributed by atoms with E-state index in [1.165, 1.54) is 11.6 Å². The quantitative estimate of drug-likeness (QED) is 0.790. The molecule has 1 saturated heterocycles. The molecule has 3 rings (SSSR count). The molecule has 10 heteroatoms. The van der Waals surface area contributed by atoms with E-state index in [-0.39, 0.29) is 12.2 Å². The second-order valence-corrected chi connectivity index (χ2v) is 6.82. The van der Waals surface area contributed by atoms with E-state index in [1.54, 1.807) is 18.2 Å². The molecule has 2 aromatic rings. The molecule has 27 heavy (non-hydrogen) atoms. The zero-order valence-electron chi connectivity index (χ0n) is 14.5. The van der Waals surface area contributed by atoms with E-state index in [2.05, 4.69) is 10.3 Å². The lowest BCUT2D eigenvalue weighted by molar-refractivity contribution is 0.0942. The third kappa shape index (κ3) is 4.18. The average Bonchev–Trinajstić information content (AvgIpc) is 2.68. The molecule has 2 N–H and O–H groups in total. The topological polar surface area (TPSA) is 96.7 Å². The van der Waals surface area contributed by atoms with E-state index >= 15 is 0 Å². The molecule has 0 radical (unpaired) electrons. The number of hydrogen-bond acceptors (Lipinski definition) is 6. The van der Waals surface area contributed by atoms with Crippen molar-refractivity contribution < 1.29 is 14.6 Å². The highest BCUT2D eigenvalue weighted by atomic mass is 35.5. The molecule has 8 nitrogen and oxygen atoms in total. The maximum Gasteiger partial charge on any atom is 0.297 e. The number of aromatic nitrogens is 2. The van der Waals surface area contributed by atoms with E-state index < -0.39 is 17.2 Å². The number of nitrogens with zero attached hydrogens (tertiary/aromatic N) is 3. The van der Waals surface area contributed by atoms with Crippen LogP contribution in [0, 0.1) is 0 Å². The van der Waals surface area contributed by atoms with Crippen molar-refractivity contribution in [2.45, 2.75) is 6.54 Å². The molecule has 0 atom stereocenters. The second-order valence-electron chi connectivity index (χ2n) is 6.00. The van der Waals surface area contributed by atoms with Gasteiger partial charge in [-0.25, -0.2) is 4.98 Å².